The molecule has 0 aromatic heterocycles. The Balaban J connectivity index is -0.000000405. The third kappa shape index (κ3) is 11.9. The van der Waals surface area contributed by atoms with Gasteiger partial charge in [0.15, 0.2) is 0 Å². The third-order valence-corrected chi connectivity index (χ3v) is 2.05. The number of rotatable bonds is 4. The van der Waals surface area contributed by atoms with E-state index in [-0.39, 0.29) is 52.8 Å². The first kappa shape index (κ1) is 15.4. The molecule has 11 heteroatoms. The second kappa shape index (κ2) is 8.52. The van der Waals surface area contributed by atoms with Crippen molar-refractivity contribution in [2.75, 3.05) is 0 Å². The first-order chi connectivity index (χ1) is 4.52. The second-order valence-electron chi connectivity index (χ2n) is 0.774. The smallest absolute Gasteiger partial charge is 1.00 e. The zero-order valence-corrected chi connectivity index (χ0v) is 10.7. The Morgan fingerprint density at radius 2 is 1.27 bits per heavy atom. The molecule has 64 valence electrons. The average molecular weight is 250 g/mol. The predicted molar refractivity (Wildman–Crippen MR) is 33.0 cm³/mol. The SMILES string of the molecule is O=S(O)OS(=O)OS(=O)O.[H-].[K+]. The van der Waals surface area contributed by atoms with E-state index in [1.807, 2.05) is 0 Å². The molecule has 0 bridgehead atoms. The van der Waals surface area contributed by atoms with E-state index < -0.39 is 34.1 Å². The Bertz CT molecular complexity index is 161. The van der Waals surface area contributed by atoms with Crippen LogP contribution in [0.25, 0.3) is 0 Å². The van der Waals surface area contributed by atoms with Gasteiger partial charge in [-0.3, -0.25) is 9.11 Å². The predicted octanol–water partition coefficient (Wildman–Crippen LogP) is -4.01. The minimum absolute atomic E-state index is 0. The molecule has 2 atom stereocenters. The Labute approximate surface area is 114 Å². The fourth-order valence-electron chi connectivity index (χ4n) is 0.106. The van der Waals surface area contributed by atoms with Gasteiger partial charge in [0.2, 0.25) is 0 Å². The molecule has 0 aliphatic rings. The molecule has 7 nitrogen and oxygen atoms in total. The molecule has 0 aliphatic heterocycles. The summed E-state index contributed by atoms with van der Waals surface area (Å²) in [4.78, 5) is 0. The van der Waals surface area contributed by atoms with Crippen LogP contribution < -0.4 is 51.4 Å². The van der Waals surface area contributed by atoms with Gasteiger partial charge in [-0.25, -0.2) is 0 Å². The summed E-state index contributed by atoms with van der Waals surface area (Å²) in [7, 11) is 0. The van der Waals surface area contributed by atoms with Crippen LogP contribution in [0, 0.1) is 0 Å². The number of hydrogen-bond acceptors (Lipinski definition) is 5. The summed E-state index contributed by atoms with van der Waals surface area (Å²) in [5.41, 5.74) is 0. The molecule has 0 aromatic rings. The molecule has 0 rings (SSSR count). The van der Waals surface area contributed by atoms with Gasteiger partial charge in [-0.05, 0) is 0 Å². The van der Waals surface area contributed by atoms with Crippen LogP contribution >= 0.6 is 0 Å². The van der Waals surface area contributed by atoms with Crippen LogP contribution in [-0.4, -0.2) is 21.7 Å². The summed E-state index contributed by atoms with van der Waals surface area (Å²) in [6.45, 7) is 0. The van der Waals surface area contributed by atoms with Crippen molar-refractivity contribution in [2.45, 2.75) is 0 Å². The molecular formula is H3KO7S3. The first-order valence-corrected chi connectivity index (χ1v) is 4.60. The fourth-order valence-corrected chi connectivity index (χ4v) is 1.16. The quantitative estimate of drug-likeness (QED) is 0.386. The Morgan fingerprint density at radius 3 is 1.45 bits per heavy atom. The Kier molecular flexibility index (Phi) is 11.9. The normalized spacial score (nSPS) is 18.0. The molecule has 2 N–H and O–H groups in total. The van der Waals surface area contributed by atoms with Crippen LogP contribution in [0.2, 0.25) is 0 Å². The molecule has 0 spiro atoms. The van der Waals surface area contributed by atoms with Crippen LogP contribution in [-0.2, 0) is 41.3 Å². The molecule has 0 aliphatic carbocycles. The maximum absolute atomic E-state index is 10.0. The largest absolute Gasteiger partial charge is 1.00 e. The molecule has 0 fully saturated rings. The molecule has 0 radical (unpaired) electrons. The van der Waals surface area contributed by atoms with Crippen molar-refractivity contribution in [2.24, 2.45) is 0 Å². The van der Waals surface area contributed by atoms with Gasteiger partial charge in [-0.15, -0.1) is 7.26 Å². The minimum atomic E-state index is -2.78. The second-order valence-corrected chi connectivity index (χ2v) is 3.14. The average Bonchev–Trinajstić information content (AvgIpc) is 1.58. The molecule has 0 saturated heterocycles. The summed E-state index contributed by atoms with van der Waals surface area (Å²) in [6.07, 6.45) is 0. The summed E-state index contributed by atoms with van der Waals surface area (Å²) in [6, 6.07) is 0. The van der Waals surface area contributed by atoms with Gasteiger partial charge in [0.1, 0.15) is 0 Å². The zero-order chi connectivity index (χ0) is 8.15. The van der Waals surface area contributed by atoms with E-state index in [1.54, 1.807) is 0 Å². The van der Waals surface area contributed by atoms with E-state index in [0.717, 1.165) is 0 Å². The van der Waals surface area contributed by atoms with E-state index in [2.05, 4.69) is 7.26 Å². The van der Waals surface area contributed by atoms with Crippen LogP contribution in [0.3, 0.4) is 0 Å². The van der Waals surface area contributed by atoms with Gasteiger partial charge in [-0.2, -0.15) is 12.6 Å². The van der Waals surface area contributed by atoms with Crippen molar-refractivity contribution in [1.82, 2.24) is 0 Å². The standard InChI is InChI=1S/K.H2O7S3.H/c;1-8(2)6-10(5)7-9(3)4;/h;(H,1,2)(H,3,4);/q+1;;-1. The minimum Gasteiger partial charge on any atom is -1.00 e. The zero-order valence-electron chi connectivity index (χ0n) is 6.16. The Morgan fingerprint density at radius 1 is 1.00 bits per heavy atom. The Hall–Kier alpha value is 1.93. The third-order valence-electron chi connectivity index (χ3n) is 0.228. The van der Waals surface area contributed by atoms with Gasteiger partial charge in [-0.1, -0.05) is 0 Å². The van der Waals surface area contributed by atoms with Gasteiger partial charge in [0.25, 0.3) is 0 Å². The monoisotopic (exact) mass is 250 g/mol. The van der Waals surface area contributed by atoms with Crippen molar-refractivity contribution in [3.63, 3.8) is 0 Å². The fraction of sp³-hybridized carbons (Fsp3) is 0. The topological polar surface area (TPSA) is 110 Å². The number of hydrogen-bond donors (Lipinski definition) is 2. The maximum Gasteiger partial charge on any atom is 1.00 e. The summed E-state index contributed by atoms with van der Waals surface area (Å²) in [5.74, 6) is 0. The molecule has 2 unspecified atom stereocenters. The van der Waals surface area contributed by atoms with Gasteiger partial charge in [0.05, 0.1) is 0 Å². The maximum atomic E-state index is 10.0. The molecule has 0 heterocycles. The van der Waals surface area contributed by atoms with Crippen molar-refractivity contribution in [3.05, 3.63) is 0 Å². The van der Waals surface area contributed by atoms with Crippen LogP contribution in [0.4, 0.5) is 0 Å². The molecular weight excluding hydrogens is 247 g/mol. The van der Waals surface area contributed by atoms with Crippen molar-refractivity contribution in [3.8, 4) is 0 Å². The van der Waals surface area contributed by atoms with E-state index in [4.69, 9.17) is 9.11 Å². The molecule has 11 heavy (non-hydrogen) atoms. The molecule has 0 amide bonds. The van der Waals surface area contributed by atoms with E-state index >= 15 is 0 Å². The van der Waals surface area contributed by atoms with Crippen molar-refractivity contribution < 1.29 is 81.8 Å². The summed E-state index contributed by atoms with van der Waals surface area (Å²) < 4.78 is 51.9. The van der Waals surface area contributed by atoms with Crippen LogP contribution in [0.5, 0.6) is 0 Å². The van der Waals surface area contributed by atoms with Crippen molar-refractivity contribution >= 4 is 34.1 Å². The van der Waals surface area contributed by atoms with Gasteiger partial charge >= 0.3 is 85.5 Å². The molecule has 0 aromatic carbocycles. The van der Waals surface area contributed by atoms with E-state index in [0.29, 0.717) is 0 Å². The van der Waals surface area contributed by atoms with Gasteiger partial charge < -0.3 is 1.43 Å². The molecule has 0 saturated carbocycles. The first-order valence-electron chi connectivity index (χ1n) is 1.53. The summed E-state index contributed by atoms with van der Waals surface area (Å²) in [5, 5.41) is 0. The van der Waals surface area contributed by atoms with Crippen molar-refractivity contribution in [1.29, 1.82) is 0 Å². The van der Waals surface area contributed by atoms with E-state index in [1.165, 1.54) is 0 Å². The van der Waals surface area contributed by atoms with Gasteiger partial charge in [0, 0.05) is 0 Å². The van der Waals surface area contributed by atoms with Crippen LogP contribution in [0.15, 0.2) is 0 Å². The van der Waals surface area contributed by atoms with E-state index in [9.17, 15) is 12.6 Å². The summed E-state index contributed by atoms with van der Waals surface area (Å²) >= 11 is -8.25. The van der Waals surface area contributed by atoms with Crippen LogP contribution in [0.1, 0.15) is 1.43 Å².